The topological polar surface area (TPSA) is 130 Å². The van der Waals surface area contributed by atoms with Gasteiger partial charge in [0.1, 0.15) is 12.6 Å². The summed E-state index contributed by atoms with van der Waals surface area (Å²) in [4.78, 5) is 38.5. The van der Waals surface area contributed by atoms with Crippen LogP contribution in [0.2, 0.25) is 0 Å². The van der Waals surface area contributed by atoms with E-state index in [1.807, 2.05) is 45.0 Å². The molecule has 0 fully saturated rings. The van der Waals surface area contributed by atoms with Crippen molar-refractivity contribution in [2.45, 2.75) is 59.7 Å². The molecule has 0 aliphatic heterocycles. The summed E-state index contributed by atoms with van der Waals surface area (Å²) >= 11 is 0. The second-order valence-electron chi connectivity index (χ2n) is 9.00. The molecular formula is C25H34N4O6S. The molecule has 10 nitrogen and oxygen atoms in total. The SMILES string of the molecule is CC[C@H](C)NC(=O)[C@@H](C)N(Cc1cccc(C)c1)C(=O)CN(c1cc([N+](=O)[O-])ccc1C)S(C)(=O)=O. The Morgan fingerprint density at radius 3 is 2.33 bits per heavy atom. The zero-order valence-corrected chi connectivity index (χ0v) is 22.3. The van der Waals surface area contributed by atoms with Gasteiger partial charge < -0.3 is 10.2 Å². The van der Waals surface area contributed by atoms with Gasteiger partial charge >= 0.3 is 0 Å². The quantitative estimate of drug-likeness (QED) is 0.359. The van der Waals surface area contributed by atoms with Crippen LogP contribution in [0.15, 0.2) is 42.5 Å². The van der Waals surface area contributed by atoms with Crippen LogP contribution in [0.5, 0.6) is 0 Å². The number of amides is 2. The minimum Gasteiger partial charge on any atom is -0.352 e. The number of nitro groups is 1. The molecular weight excluding hydrogens is 484 g/mol. The Morgan fingerprint density at radius 2 is 1.78 bits per heavy atom. The minimum absolute atomic E-state index is 0.0345. The molecule has 2 amide bonds. The maximum absolute atomic E-state index is 13.6. The fraction of sp³-hybridized carbons (Fsp3) is 0.440. The van der Waals surface area contributed by atoms with Gasteiger partial charge in [-0.25, -0.2) is 8.42 Å². The average molecular weight is 519 g/mol. The molecule has 11 heteroatoms. The van der Waals surface area contributed by atoms with Crippen LogP contribution in [-0.2, 0) is 26.2 Å². The molecule has 0 aromatic heterocycles. The number of benzene rings is 2. The molecule has 2 atom stereocenters. The molecule has 0 radical (unpaired) electrons. The van der Waals surface area contributed by atoms with Crippen LogP contribution < -0.4 is 9.62 Å². The molecule has 0 heterocycles. The normalized spacial score (nSPS) is 12.9. The fourth-order valence-corrected chi connectivity index (χ4v) is 4.53. The molecule has 0 saturated carbocycles. The van der Waals surface area contributed by atoms with Crippen molar-refractivity contribution in [2.24, 2.45) is 0 Å². The molecule has 36 heavy (non-hydrogen) atoms. The lowest BCUT2D eigenvalue weighted by Crippen LogP contribution is -2.52. The van der Waals surface area contributed by atoms with Gasteiger partial charge in [-0.2, -0.15) is 0 Å². The standard InChI is InChI=1S/C25H34N4O6S/c1-7-19(4)26-25(31)20(5)27(15-21-10-8-9-17(2)13-21)24(30)16-28(36(6,34)35)23-14-22(29(32)33)12-11-18(23)3/h8-14,19-20H,7,15-16H2,1-6H3,(H,26,31)/t19-,20+/m0/s1. The van der Waals surface area contributed by atoms with Gasteiger partial charge in [0.25, 0.3) is 5.69 Å². The number of aryl methyl sites for hydroxylation is 2. The van der Waals surface area contributed by atoms with Gasteiger partial charge in [0.2, 0.25) is 21.8 Å². The molecule has 0 bridgehead atoms. The molecule has 0 aliphatic carbocycles. The number of nitrogens with one attached hydrogen (secondary N) is 1. The maximum atomic E-state index is 13.6. The number of carbonyl (C=O) groups excluding carboxylic acids is 2. The van der Waals surface area contributed by atoms with Gasteiger partial charge in [0, 0.05) is 24.7 Å². The smallest absolute Gasteiger partial charge is 0.271 e. The van der Waals surface area contributed by atoms with Gasteiger partial charge in [-0.1, -0.05) is 42.8 Å². The highest BCUT2D eigenvalue weighted by atomic mass is 32.2. The predicted octanol–water partition coefficient (Wildman–Crippen LogP) is 3.31. The van der Waals surface area contributed by atoms with Crippen molar-refractivity contribution in [3.8, 4) is 0 Å². The number of nitrogens with zero attached hydrogens (tertiary/aromatic N) is 3. The van der Waals surface area contributed by atoms with Crippen LogP contribution in [0.3, 0.4) is 0 Å². The Hall–Kier alpha value is -3.47. The first kappa shape index (κ1) is 28.8. The Bertz CT molecular complexity index is 1230. The molecule has 0 unspecified atom stereocenters. The third-order valence-corrected chi connectivity index (χ3v) is 7.08. The zero-order valence-electron chi connectivity index (χ0n) is 21.5. The molecule has 2 aromatic rings. The van der Waals surface area contributed by atoms with Crippen molar-refractivity contribution in [1.82, 2.24) is 10.2 Å². The van der Waals surface area contributed by atoms with E-state index in [0.717, 1.165) is 27.8 Å². The predicted molar refractivity (Wildman–Crippen MR) is 139 cm³/mol. The number of anilines is 1. The van der Waals surface area contributed by atoms with Gasteiger partial charge in [-0.15, -0.1) is 0 Å². The van der Waals surface area contributed by atoms with Crippen LogP contribution in [-0.4, -0.2) is 54.9 Å². The van der Waals surface area contributed by atoms with E-state index in [-0.39, 0.29) is 29.9 Å². The molecule has 196 valence electrons. The molecule has 2 rings (SSSR count). The van der Waals surface area contributed by atoms with E-state index >= 15 is 0 Å². The number of non-ortho nitro benzene ring substituents is 1. The monoisotopic (exact) mass is 518 g/mol. The number of rotatable bonds is 11. The number of sulfonamides is 1. The number of hydrogen-bond donors (Lipinski definition) is 1. The van der Waals surface area contributed by atoms with E-state index in [4.69, 9.17) is 0 Å². The van der Waals surface area contributed by atoms with Crippen molar-refractivity contribution in [1.29, 1.82) is 0 Å². The van der Waals surface area contributed by atoms with Gasteiger partial charge in [-0.3, -0.25) is 24.0 Å². The van der Waals surface area contributed by atoms with Crippen molar-refractivity contribution < 1.29 is 22.9 Å². The van der Waals surface area contributed by atoms with Crippen LogP contribution in [0.1, 0.15) is 43.9 Å². The van der Waals surface area contributed by atoms with E-state index < -0.39 is 33.4 Å². The van der Waals surface area contributed by atoms with Crippen molar-refractivity contribution >= 4 is 33.2 Å². The first-order valence-electron chi connectivity index (χ1n) is 11.6. The maximum Gasteiger partial charge on any atom is 0.271 e. The van der Waals surface area contributed by atoms with Crippen LogP contribution in [0.25, 0.3) is 0 Å². The third-order valence-electron chi connectivity index (χ3n) is 5.96. The summed E-state index contributed by atoms with van der Waals surface area (Å²) in [5.74, 6) is -0.970. The summed E-state index contributed by atoms with van der Waals surface area (Å²) in [7, 11) is -4.00. The summed E-state index contributed by atoms with van der Waals surface area (Å²) in [6.07, 6.45) is 1.64. The molecule has 0 aliphatic rings. The lowest BCUT2D eigenvalue weighted by molar-refractivity contribution is -0.384. The highest BCUT2D eigenvalue weighted by Gasteiger charge is 2.31. The summed E-state index contributed by atoms with van der Waals surface area (Å²) in [6, 6.07) is 10.3. The van der Waals surface area contributed by atoms with E-state index in [9.17, 15) is 28.1 Å². The highest BCUT2D eigenvalue weighted by Crippen LogP contribution is 2.28. The largest absolute Gasteiger partial charge is 0.352 e. The van der Waals surface area contributed by atoms with E-state index in [2.05, 4.69) is 5.32 Å². The molecule has 0 saturated heterocycles. The molecule has 2 aromatic carbocycles. The van der Waals surface area contributed by atoms with Gasteiger partial charge in [-0.05, 0) is 45.2 Å². The van der Waals surface area contributed by atoms with E-state index in [0.29, 0.717) is 12.0 Å². The summed E-state index contributed by atoms with van der Waals surface area (Å²) in [5, 5.41) is 14.2. The Morgan fingerprint density at radius 1 is 1.11 bits per heavy atom. The average Bonchev–Trinajstić information content (AvgIpc) is 2.80. The molecule has 0 spiro atoms. The number of hydrogen-bond acceptors (Lipinski definition) is 6. The van der Waals surface area contributed by atoms with Gasteiger partial charge in [0.15, 0.2) is 0 Å². The minimum atomic E-state index is -4.00. The Balaban J connectivity index is 2.48. The first-order chi connectivity index (χ1) is 16.7. The number of carbonyl (C=O) groups is 2. The summed E-state index contributed by atoms with van der Waals surface area (Å²) < 4.78 is 26.3. The highest BCUT2D eigenvalue weighted by molar-refractivity contribution is 7.92. The Kier molecular flexibility index (Phi) is 9.57. The lowest BCUT2D eigenvalue weighted by atomic mass is 10.1. The summed E-state index contributed by atoms with van der Waals surface area (Å²) in [5.41, 5.74) is 1.94. The zero-order chi connectivity index (χ0) is 27.2. The number of nitro benzene ring substituents is 1. The van der Waals surface area contributed by atoms with Crippen molar-refractivity contribution in [2.75, 3.05) is 17.1 Å². The third kappa shape index (κ3) is 7.51. The van der Waals surface area contributed by atoms with Crippen LogP contribution in [0, 0.1) is 24.0 Å². The second kappa shape index (κ2) is 12.0. The van der Waals surface area contributed by atoms with Crippen molar-refractivity contribution in [3.05, 3.63) is 69.3 Å². The fourth-order valence-electron chi connectivity index (χ4n) is 3.63. The summed E-state index contributed by atoms with van der Waals surface area (Å²) in [6.45, 7) is 8.35. The van der Waals surface area contributed by atoms with Gasteiger partial charge in [0.05, 0.1) is 16.9 Å². The Labute approximate surface area is 212 Å². The molecule has 1 N–H and O–H groups in total. The van der Waals surface area contributed by atoms with Crippen LogP contribution >= 0.6 is 0 Å². The van der Waals surface area contributed by atoms with E-state index in [1.165, 1.54) is 17.0 Å². The second-order valence-corrected chi connectivity index (χ2v) is 10.9. The van der Waals surface area contributed by atoms with E-state index in [1.54, 1.807) is 13.8 Å². The van der Waals surface area contributed by atoms with Crippen molar-refractivity contribution in [3.63, 3.8) is 0 Å². The van der Waals surface area contributed by atoms with Crippen LogP contribution in [0.4, 0.5) is 11.4 Å². The lowest BCUT2D eigenvalue weighted by Gasteiger charge is -2.32. The first-order valence-corrected chi connectivity index (χ1v) is 13.5.